The average Bonchev–Trinajstić information content (AvgIpc) is 3.07. The molecule has 0 spiro atoms. The number of sulfonamides is 1. The van der Waals surface area contributed by atoms with E-state index >= 15 is 0 Å². The molecule has 1 aliphatic heterocycles. The van der Waals surface area contributed by atoms with Crippen LogP contribution in [-0.4, -0.2) is 80.6 Å². The van der Waals surface area contributed by atoms with Gasteiger partial charge in [-0.15, -0.1) is 0 Å². The number of aliphatic hydroxyl groups excluding tert-OH is 1. The summed E-state index contributed by atoms with van der Waals surface area (Å²) in [5, 5.41) is 11.2. The Bertz CT molecular complexity index is 1230. The first-order valence-electron chi connectivity index (χ1n) is 11.4. The third-order valence-corrected chi connectivity index (χ3v) is 7.98. The van der Waals surface area contributed by atoms with Crippen molar-refractivity contribution in [3.8, 4) is 0 Å². The van der Waals surface area contributed by atoms with E-state index in [9.17, 15) is 23.1 Å². The van der Waals surface area contributed by atoms with Crippen molar-refractivity contribution in [3.63, 3.8) is 0 Å². The lowest BCUT2D eigenvalue weighted by Crippen LogP contribution is -2.35. The lowest BCUT2D eigenvalue weighted by atomic mass is 9.93. The maximum absolute atomic E-state index is 13.1. The van der Waals surface area contributed by atoms with Gasteiger partial charge in [0.2, 0.25) is 10.0 Å². The van der Waals surface area contributed by atoms with Crippen molar-refractivity contribution in [2.75, 3.05) is 41.3 Å². The van der Waals surface area contributed by atoms with Gasteiger partial charge in [-0.2, -0.15) is 0 Å². The summed E-state index contributed by atoms with van der Waals surface area (Å²) in [4.78, 5) is 29.6. The number of carbonyl (C=O) groups excluding carboxylic acids is 2. The minimum Gasteiger partial charge on any atom is -0.507 e. The third kappa shape index (κ3) is 5.32. The van der Waals surface area contributed by atoms with Gasteiger partial charge in [0, 0.05) is 32.7 Å². The van der Waals surface area contributed by atoms with Gasteiger partial charge in [-0.3, -0.25) is 9.59 Å². The molecule has 3 rings (SSSR count). The van der Waals surface area contributed by atoms with E-state index in [0.717, 1.165) is 15.4 Å². The lowest BCUT2D eigenvalue weighted by Gasteiger charge is -2.27. The van der Waals surface area contributed by atoms with E-state index in [4.69, 9.17) is 0 Å². The van der Waals surface area contributed by atoms with Crippen LogP contribution in [0.1, 0.15) is 42.5 Å². The van der Waals surface area contributed by atoms with Crippen molar-refractivity contribution in [2.45, 2.75) is 30.7 Å². The number of aliphatic hydroxyl groups is 1. The van der Waals surface area contributed by atoms with Gasteiger partial charge in [0.1, 0.15) is 5.76 Å². The van der Waals surface area contributed by atoms with E-state index in [1.807, 2.05) is 43.3 Å². The number of benzene rings is 2. The number of Topliss-reactive ketones (excluding diaryl/α,β-unsaturated/α-hetero) is 1. The van der Waals surface area contributed by atoms with Gasteiger partial charge < -0.3 is 14.9 Å². The van der Waals surface area contributed by atoms with Crippen LogP contribution < -0.4 is 0 Å². The second-order valence-electron chi connectivity index (χ2n) is 9.43. The standard InChI is InChI=1S/C26H33N3O5S/c1-17(2)18-7-9-19(10-8-18)23-22(25(31)26(32)29(23)16-15-27(3)4)24(30)20-11-13-21(14-12-20)35(33,34)28(5)6/h7-14,17,23,30H,15-16H2,1-6H3/b24-22+. The molecule has 35 heavy (non-hydrogen) atoms. The highest BCUT2D eigenvalue weighted by Gasteiger charge is 2.45. The van der Waals surface area contributed by atoms with Gasteiger partial charge in [0.25, 0.3) is 11.7 Å². The molecular formula is C26H33N3O5S. The zero-order valence-corrected chi connectivity index (χ0v) is 21.8. The Kier molecular flexibility index (Phi) is 7.83. The third-order valence-electron chi connectivity index (χ3n) is 6.15. The predicted molar refractivity (Wildman–Crippen MR) is 135 cm³/mol. The maximum Gasteiger partial charge on any atom is 0.295 e. The number of carbonyl (C=O) groups is 2. The zero-order valence-electron chi connectivity index (χ0n) is 21.0. The monoisotopic (exact) mass is 499 g/mol. The minimum absolute atomic E-state index is 0.00531. The number of likely N-dealkylation sites (tertiary alicyclic amines) is 1. The van der Waals surface area contributed by atoms with Crippen LogP contribution >= 0.6 is 0 Å². The summed E-state index contributed by atoms with van der Waals surface area (Å²) >= 11 is 0. The first-order chi connectivity index (χ1) is 16.4. The van der Waals surface area contributed by atoms with Crippen LogP contribution in [-0.2, 0) is 19.6 Å². The van der Waals surface area contributed by atoms with Gasteiger partial charge in [-0.05, 0) is 55.4 Å². The Labute approximate surface area is 207 Å². The number of rotatable bonds is 8. The Balaban J connectivity index is 2.12. The van der Waals surface area contributed by atoms with E-state index in [1.165, 1.54) is 43.3 Å². The summed E-state index contributed by atoms with van der Waals surface area (Å²) in [5.74, 6) is -1.44. The quantitative estimate of drug-likeness (QED) is 0.341. The van der Waals surface area contributed by atoms with Crippen LogP contribution in [0.25, 0.3) is 5.76 Å². The fourth-order valence-electron chi connectivity index (χ4n) is 3.98. The van der Waals surface area contributed by atoms with Gasteiger partial charge in [-0.1, -0.05) is 38.1 Å². The molecule has 2 aromatic carbocycles. The normalized spacial score (nSPS) is 18.3. The highest BCUT2D eigenvalue weighted by atomic mass is 32.2. The topological polar surface area (TPSA) is 98.2 Å². The molecule has 188 valence electrons. The van der Waals surface area contributed by atoms with Crippen LogP contribution in [0.5, 0.6) is 0 Å². The Morgan fingerprint density at radius 3 is 2.03 bits per heavy atom. The fourth-order valence-corrected chi connectivity index (χ4v) is 4.88. The summed E-state index contributed by atoms with van der Waals surface area (Å²) < 4.78 is 25.9. The molecule has 1 heterocycles. The molecule has 0 radical (unpaired) electrons. The fraction of sp³-hybridized carbons (Fsp3) is 0.385. The van der Waals surface area contributed by atoms with E-state index in [1.54, 1.807) is 0 Å². The Morgan fingerprint density at radius 2 is 1.54 bits per heavy atom. The highest BCUT2D eigenvalue weighted by Crippen LogP contribution is 2.39. The van der Waals surface area contributed by atoms with E-state index < -0.39 is 27.8 Å². The summed E-state index contributed by atoms with van der Waals surface area (Å²) in [6, 6.07) is 12.6. The van der Waals surface area contributed by atoms with Crippen molar-refractivity contribution in [1.82, 2.24) is 14.1 Å². The van der Waals surface area contributed by atoms with Crippen molar-refractivity contribution in [1.29, 1.82) is 0 Å². The zero-order chi connectivity index (χ0) is 26.1. The minimum atomic E-state index is -3.65. The molecule has 1 unspecified atom stereocenters. The van der Waals surface area contributed by atoms with E-state index in [0.29, 0.717) is 19.0 Å². The number of hydrogen-bond acceptors (Lipinski definition) is 6. The second kappa shape index (κ2) is 10.3. The molecular weight excluding hydrogens is 466 g/mol. The SMILES string of the molecule is CC(C)c1ccc(C2/C(=C(\O)c3ccc(S(=O)(=O)N(C)C)cc3)C(=O)C(=O)N2CCN(C)C)cc1. The molecule has 0 aromatic heterocycles. The van der Waals surface area contributed by atoms with Gasteiger partial charge in [0.05, 0.1) is 16.5 Å². The maximum atomic E-state index is 13.1. The number of amides is 1. The van der Waals surface area contributed by atoms with Crippen LogP contribution in [0, 0.1) is 0 Å². The summed E-state index contributed by atoms with van der Waals surface area (Å²) in [7, 11) is 2.98. The smallest absolute Gasteiger partial charge is 0.295 e. The van der Waals surface area contributed by atoms with Crippen molar-refractivity contribution in [2.24, 2.45) is 0 Å². The number of ketones is 1. The summed E-state index contributed by atoms with van der Waals surface area (Å²) in [6.45, 7) is 5.02. The van der Waals surface area contributed by atoms with Crippen LogP contribution in [0.2, 0.25) is 0 Å². The Hall–Kier alpha value is -3.01. The van der Waals surface area contributed by atoms with Crippen LogP contribution in [0.3, 0.4) is 0 Å². The average molecular weight is 500 g/mol. The Morgan fingerprint density at radius 1 is 0.971 bits per heavy atom. The van der Waals surface area contributed by atoms with Gasteiger partial charge in [0.15, 0.2) is 0 Å². The molecule has 1 fully saturated rings. The number of nitrogens with zero attached hydrogens (tertiary/aromatic N) is 3. The molecule has 1 aliphatic rings. The molecule has 1 saturated heterocycles. The number of likely N-dealkylation sites (N-methyl/N-ethyl adjacent to an activating group) is 1. The molecule has 0 aliphatic carbocycles. The molecule has 1 atom stereocenters. The lowest BCUT2D eigenvalue weighted by molar-refractivity contribution is -0.140. The summed E-state index contributed by atoms with van der Waals surface area (Å²) in [6.07, 6.45) is 0. The number of hydrogen-bond donors (Lipinski definition) is 1. The first kappa shape index (κ1) is 26.6. The molecule has 8 nitrogen and oxygen atoms in total. The second-order valence-corrected chi connectivity index (χ2v) is 11.6. The molecule has 1 amide bonds. The van der Waals surface area contributed by atoms with Crippen molar-refractivity contribution in [3.05, 3.63) is 70.8 Å². The predicted octanol–water partition coefficient (Wildman–Crippen LogP) is 3.04. The molecule has 0 saturated carbocycles. The van der Waals surface area contributed by atoms with Crippen molar-refractivity contribution < 1.29 is 23.1 Å². The molecule has 2 aromatic rings. The van der Waals surface area contributed by atoms with Gasteiger partial charge in [-0.25, -0.2) is 12.7 Å². The summed E-state index contributed by atoms with van der Waals surface area (Å²) in [5.41, 5.74) is 2.10. The van der Waals surface area contributed by atoms with Crippen LogP contribution in [0.4, 0.5) is 0 Å². The van der Waals surface area contributed by atoms with E-state index in [2.05, 4.69) is 13.8 Å². The van der Waals surface area contributed by atoms with E-state index in [-0.39, 0.29) is 21.8 Å². The molecule has 0 bridgehead atoms. The largest absolute Gasteiger partial charge is 0.507 e. The molecule has 9 heteroatoms. The molecule has 1 N–H and O–H groups in total. The highest BCUT2D eigenvalue weighted by molar-refractivity contribution is 7.89. The van der Waals surface area contributed by atoms with Crippen LogP contribution in [0.15, 0.2) is 59.0 Å². The first-order valence-corrected chi connectivity index (χ1v) is 12.9. The van der Waals surface area contributed by atoms with Crippen molar-refractivity contribution >= 4 is 27.5 Å². The van der Waals surface area contributed by atoms with Gasteiger partial charge >= 0.3 is 0 Å².